The van der Waals surface area contributed by atoms with Crippen molar-refractivity contribution in [3.63, 3.8) is 0 Å². The minimum atomic E-state index is -1.59. The maximum atomic E-state index is 13.2. The largest absolute Gasteiger partial charge is 0.463 e. The number of ether oxygens (including phenoxy) is 1. The molecule has 2 nitrogen and oxygen atoms in total. The molecule has 1 aromatic rings. The normalized spacial score (nSPS) is 12.1. The summed E-state index contributed by atoms with van der Waals surface area (Å²) in [7, 11) is 0. The lowest BCUT2D eigenvalue weighted by Gasteiger charge is -2.06. The van der Waals surface area contributed by atoms with Crippen LogP contribution in [0.4, 0.5) is 4.39 Å². The summed E-state index contributed by atoms with van der Waals surface area (Å²) in [4.78, 5) is 10.9. The van der Waals surface area contributed by atoms with E-state index in [0.717, 1.165) is 17.3 Å². The molecule has 0 N–H and O–H groups in total. The molecule has 1 unspecified atom stereocenters. The Hall–Kier alpha value is -1.03. The summed E-state index contributed by atoms with van der Waals surface area (Å²) in [6, 6.07) is 9.45. The van der Waals surface area contributed by atoms with Crippen molar-refractivity contribution < 1.29 is 13.9 Å². The highest BCUT2D eigenvalue weighted by Gasteiger charge is 2.18. The minimum absolute atomic E-state index is 0.213. The molecule has 0 fully saturated rings. The van der Waals surface area contributed by atoms with Crippen molar-refractivity contribution in [2.75, 3.05) is 6.61 Å². The lowest BCUT2D eigenvalue weighted by molar-refractivity contribution is -0.145. The fraction of sp³-hybridized carbons (Fsp3) is 0.364. The average Bonchev–Trinajstić information content (AvgIpc) is 2.27. The summed E-state index contributed by atoms with van der Waals surface area (Å²) in [6.45, 7) is 1.87. The van der Waals surface area contributed by atoms with Crippen molar-refractivity contribution >= 4 is 17.7 Å². The molecule has 0 radical (unpaired) electrons. The van der Waals surface area contributed by atoms with E-state index in [0.29, 0.717) is 5.75 Å². The summed E-state index contributed by atoms with van der Waals surface area (Å²) in [5.74, 6) is -0.320. The van der Waals surface area contributed by atoms with Crippen LogP contribution < -0.4 is 0 Å². The van der Waals surface area contributed by atoms with Gasteiger partial charge in [0, 0.05) is 5.75 Å². The summed E-state index contributed by atoms with van der Waals surface area (Å²) in [5.41, 5.74) is -0.598. The first-order valence-electron chi connectivity index (χ1n) is 4.70. The van der Waals surface area contributed by atoms with Gasteiger partial charge in [-0.2, -0.15) is 0 Å². The fourth-order valence-electron chi connectivity index (χ4n) is 1.02. The first-order valence-corrected chi connectivity index (χ1v) is 5.75. The van der Waals surface area contributed by atoms with E-state index in [1.807, 2.05) is 30.3 Å². The quantitative estimate of drug-likeness (QED) is 0.725. The van der Waals surface area contributed by atoms with E-state index in [1.165, 1.54) is 0 Å². The van der Waals surface area contributed by atoms with Crippen LogP contribution in [0.1, 0.15) is 12.5 Å². The summed E-state index contributed by atoms with van der Waals surface area (Å²) in [6.07, 6.45) is 0. The van der Waals surface area contributed by atoms with E-state index >= 15 is 0 Å². The molecule has 15 heavy (non-hydrogen) atoms. The van der Waals surface area contributed by atoms with Gasteiger partial charge >= 0.3 is 5.97 Å². The van der Waals surface area contributed by atoms with E-state index in [-0.39, 0.29) is 6.61 Å². The van der Waals surface area contributed by atoms with Crippen LogP contribution in [0.2, 0.25) is 0 Å². The maximum absolute atomic E-state index is 13.2. The Morgan fingerprint density at radius 1 is 1.47 bits per heavy atom. The number of benzene rings is 1. The Morgan fingerprint density at radius 3 is 2.73 bits per heavy atom. The van der Waals surface area contributed by atoms with Crippen molar-refractivity contribution in [2.24, 2.45) is 0 Å². The van der Waals surface area contributed by atoms with Crippen molar-refractivity contribution in [2.45, 2.75) is 18.2 Å². The Labute approximate surface area is 92.8 Å². The Bertz CT molecular complexity index is 303. The number of halogens is 1. The van der Waals surface area contributed by atoms with Crippen molar-refractivity contribution in [3.05, 3.63) is 35.9 Å². The van der Waals surface area contributed by atoms with Crippen LogP contribution in [0, 0.1) is 0 Å². The van der Waals surface area contributed by atoms with E-state index in [2.05, 4.69) is 4.74 Å². The van der Waals surface area contributed by atoms with Gasteiger partial charge in [-0.25, -0.2) is 9.18 Å². The monoisotopic (exact) mass is 228 g/mol. The second-order valence-corrected chi connectivity index (χ2v) is 3.90. The molecule has 0 aliphatic carbocycles. The van der Waals surface area contributed by atoms with Crippen molar-refractivity contribution in [1.82, 2.24) is 0 Å². The molecule has 0 saturated carbocycles. The van der Waals surface area contributed by atoms with Crippen LogP contribution in [-0.2, 0) is 15.3 Å². The standard InChI is InChI=1S/C11H13FO2S/c1-2-14-11(13)10(12)15-8-9-6-4-3-5-7-9/h3-7,10H,2,8H2,1H3. The molecule has 0 aromatic heterocycles. The second-order valence-electron chi connectivity index (χ2n) is 2.86. The molecule has 0 amide bonds. The number of hydrogen-bond donors (Lipinski definition) is 0. The molecular formula is C11H13FO2S. The van der Waals surface area contributed by atoms with Crippen LogP contribution in [0.25, 0.3) is 0 Å². The maximum Gasteiger partial charge on any atom is 0.351 e. The van der Waals surface area contributed by atoms with Crippen LogP contribution in [0.3, 0.4) is 0 Å². The Morgan fingerprint density at radius 2 is 2.13 bits per heavy atom. The predicted molar refractivity (Wildman–Crippen MR) is 59.3 cm³/mol. The highest BCUT2D eigenvalue weighted by Crippen LogP contribution is 2.19. The van der Waals surface area contributed by atoms with Gasteiger partial charge in [0.15, 0.2) is 0 Å². The third-order valence-electron chi connectivity index (χ3n) is 1.71. The van der Waals surface area contributed by atoms with Crippen LogP contribution in [0.5, 0.6) is 0 Å². The molecule has 0 aliphatic rings. The van der Waals surface area contributed by atoms with Gasteiger partial charge < -0.3 is 4.74 Å². The van der Waals surface area contributed by atoms with E-state index in [4.69, 9.17) is 0 Å². The number of hydrogen-bond acceptors (Lipinski definition) is 3. The molecule has 1 atom stereocenters. The van der Waals surface area contributed by atoms with Gasteiger partial charge in [-0.1, -0.05) is 30.3 Å². The van der Waals surface area contributed by atoms with E-state index in [1.54, 1.807) is 6.92 Å². The molecule has 0 spiro atoms. The predicted octanol–water partition coefficient (Wildman–Crippen LogP) is 2.78. The SMILES string of the molecule is CCOC(=O)C(F)SCc1ccccc1. The summed E-state index contributed by atoms with van der Waals surface area (Å²) >= 11 is 0.936. The van der Waals surface area contributed by atoms with Crippen molar-refractivity contribution in [1.29, 1.82) is 0 Å². The fourth-order valence-corrected chi connectivity index (χ4v) is 1.75. The van der Waals surface area contributed by atoms with Gasteiger partial charge in [-0.05, 0) is 12.5 Å². The lowest BCUT2D eigenvalue weighted by Crippen LogP contribution is -2.15. The molecule has 0 saturated heterocycles. The highest BCUT2D eigenvalue weighted by molar-refractivity contribution is 7.99. The number of rotatable bonds is 5. The van der Waals surface area contributed by atoms with Crippen LogP contribution in [0.15, 0.2) is 30.3 Å². The van der Waals surface area contributed by atoms with E-state index in [9.17, 15) is 9.18 Å². The zero-order valence-corrected chi connectivity index (χ0v) is 9.30. The second kappa shape index (κ2) is 6.45. The molecule has 0 heterocycles. The molecule has 1 rings (SSSR count). The third kappa shape index (κ3) is 4.34. The average molecular weight is 228 g/mol. The highest BCUT2D eigenvalue weighted by atomic mass is 32.2. The summed E-state index contributed by atoms with van der Waals surface area (Å²) in [5, 5.41) is 0. The first-order chi connectivity index (χ1) is 7.24. The summed E-state index contributed by atoms with van der Waals surface area (Å²) < 4.78 is 17.7. The number of carbonyl (C=O) groups is 1. The minimum Gasteiger partial charge on any atom is -0.463 e. The third-order valence-corrected chi connectivity index (χ3v) is 2.70. The zero-order chi connectivity index (χ0) is 11.1. The van der Waals surface area contributed by atoms with Crippen molar-refractivity contribution in [3.8, 4) is 0 Å². The first kappa shape index (κ1) is 12.0. The van der Waals surface area contributed by atoms with Gasteiger partial charge in [-0.15, -0.1) is 11.8 Å². The van der Waals surface area contributed by atoms with Gasteiger partial charge in [0.1, 0.15) is 0 Å². The molecule has 0 bridgehead atoms. The Balaban J connectivity index is 2.34. The van der Waals surface area contributed by atoms with Crippen LogP contribution in [-0.4, -0.2) is 18.1 Å². The van der Waals surface area contributed by atoms with E-state index < -0.39 is 11.5 Å². The number of thioether (sulfide) groups is 1. The van der Waals surface area contributed by atoms with Crippen LogP contribution >= 0.6 is 11.8 Å². The van der Waals surface area contributed by atoms with Gasteiger partial charge in [0.2, 0.25) is 5.50 Å². The molecule has 0 aliphatic heterocycles. The zero-order valence-electron chi connectivity index (χ0n) is 8.48. The number of carbonyl (C=O) groups excluding carboxylic acids is 1. The van der Waals surface area contributed by atoms with Gasteiger partial charge in [-0.3, -0.25) is 0 Å². The Kier molecular flexibility index (Phi) is 5.18. The molecule has 4 heteroatoms. The lowest BCUT2D eigenvalue weighted by atomic mass is 10.2. The molecular weight excluding hydrogens is 215 g/mol. The van der Waals surface area contributed by atoms with Gasteiger partial charge in [0.25, 0.3) is 0 Å². The number of alkyl halides is 1. The molecule has 82 valence electrons. The number of esters is 1. The molecule has 1 aromatic carbocycles. The smallest absolute Gasteiger partial charge is 0.351 e. The topological polar surface area (TPSA) is 26.3 Å². The van der Waals surface area contributed by atoms with Gasteiger partial charge in [0.05, 0.1) is 6.61 Å².